The van der Waals surface area contributed by atoms with E-state index in [1.807, 2.05) is 18.2 Å². The van der Waals surface area contributed by atoms with Crippen molar-refractivity contribution in [2.45, 2.75) is 37.1 Å². The van der Waals surface area contributed by atoms with Crippen LogP contribution in [0.1, 0.15) is 37.8 Å². The predicted molar refractivity (Wildman–Crippen MR) is 109 cm³/mol. The fourth-order valence-corrected chi connectivity index (χ4v) is 5.48. The number of hydrogen-bond donors (Lipinski definition) is 1. The molecule has 0 saturated carbocycles. The summed E-state index contributed by atoms with van der Waals surface area (Å²) in [6.07, 6.45) is 2.37. The van der Waals surface area contributed by atoms with E-state index in [0.717, 1.165) is 24.8 Å². The van der Waals surface area contributed by atoms with Gasteiger partial charge < -0.3 is 14.8 Å². The standard InChI is InChI=1S/C21H24N2O5S/c1-15(24)22-17-6-8-18(9-7-17)29(25,26)23-11-2-4-19(23)16-5-10-20-21(14-16)28-13-3-12-27-20/h5-10,14,19H,2-4,11-13H2,1H3,(H,22,24)/t19-/m0/s1. The predicted octanol–water partition coefficient (Wildman–Crippen LogP) is 3.33. The van der Waals surface area contributed by atoms with Crippen molar-refractivity contribution in [1.29, 1.82) is 0 Å². The molecule has 154 valence electrons. The molecule has 1 fully saturated rings. The Morgan fingerprint density at radius 3 is 2.48 bits per heavy atom. The Balaban J connectivity index is 1.60. The minimum atomic E-state index is -3.66. The molecule has 2 aliphatic heterocycles. The highest BCUT2D eigenvalue weighted by atomic mass is 32.2. The second-order valence-electron chi connectivity index (χ2n) is 7.24. The SMILES string of the molecule is CC(=O)Nc1ccc(S(=O)(=O)N2CCC[C@H]2c2ccc3c(c2)OCCCO3)cc1. The molecule has 2 aromatic carbocycles. The number of rotatable bonds is 4. The molecular formula is C21H24N2O5S. The fourth-order valence-electron chi connectivity index (χ4n) is 3.80. The summed E-state index contributed by atoms with van der Waals surface area (Å²) in [7, 11) is -3.66. The molecule has 1 saturated heterocycles. The van der Waals surface area contributed by atoms with Gasteiger partial charge in [-0.05, 0) is 54.8 Å². The van der Waals surface area contributed by atoms with Gasteiger partial charge in [-0.15, -0.1) is 0 Å². The molecule has 7 nitrogen and oxygen atoms in total. The zero-order chi connectivity index (χ0) is 20.4. The Hall–Kier alpha value is -2.58. The number of amides is 1. The molecule has 0 spiro atoms. The Kier molecular flexibility index (Phi) is 5.47. The second-order valence-corrected chi connectivity index (χ2v) is 9.13. The van der Waals surface area contributed by atoms with Crippen molar-refractivity contribution in [3.8, 4) is 11.5 Å². The van der Waals surface area contributed by atoms with Gasteiger partial charge in [-0.2, -0.15) is 4.31 Å². The van der Waals surface area contributed by atoms with E-state index in [-0.39, 0.29) is 16.8 Å². The van der Waals surface area contributed by atoms with Crippen molar-refractivity contribution < 1.29 is 22.7 Å². The third-order valence-corrected chi connectivity index (χ3v) is 7.06. The van der Waals surface area contributed by atoms with E-state index in [1.54, 1.807) is 16.4 Å². The topological polar surface area (TPSA) is 84.9 Å². The number of sulfonamides is 1. The summed E-state index contributed by atoms with van der Waals surface area (Å²) < 4.78 is 39.6. The number of carbonyl (C=O) groups excluding carboxylic acids is 1. The maximum absolute atomic E-state index is 13.3. The monoisotopic (exact) mass is 416 g/mol. The first-order valence-electron chi connectivity index (χ1n) is 9.74. The van der Waals surface area contributed by atoms with Crippen molar-refractivity contribution in [3.05, 3.63) is 48.0 Å². The highest BCUT2D eigenvalue weighted by molar-refractivity contribution is 7.89. The molecule has 0 radical (unpaired) electrons. The average Bonchev–Trinajstić information content (AvgIpc) is 3.08. The number of benzene rings is 2. The van der Waals surface area contributed by atoms with Gasteiger partial charge in [0.2, 0.25) is 15.9 Å². The van der Waals surface area contributed by atoms with Crippen LogP contribution >= 0.6 is 0 Å². The van der Waals surface area contributed by atoms with Crippen LogP contribution in [0.4, 0.5) is 5.69 Å². The molecule has 0 aliphatic carbocycles. The van der Waals surface area contributed by atoms with Gasteiger partial charge in [0.15, 0.2) is 11.5 Å². The smallest absolute Gasteiger partial charge is 0.243 e. The molecule has 8 heteroatoms. The van der Waals surface area contributed by atoms with E-state index in [1.165, 1.54) is 19.1 Å². The van der Waals surface area contributed by atoms with Gasteiger partial charge in [0.05, 0.1) is 24.2 Å². The summed E-state index contributed by atoms with van der Waals surface area (Å²) in [6, 6.07) is 11.7. The quantitative estimate of drug-likeness (QED) is 0.826. The molecule has 1 N–H and O–H groups in total. The zero-order valence-electron chi connectivity index (χ0n) is 16.3. The number of anilines is 1. The van der Waals surface area contributed by atoms with Gasteiger partial charge in [-0.3, -0.25) is 4.79 Å². The third-order valence-electron chi connectivity index (χ3n) is 5.14. The summed E-state index contributed by atoms with van der Waals surface area (Å²) in [6.45, 7) is 3.08. The maximum Gasteiger partial charge on any atom is 0.243 e. The summed E-state index contributed by atoms with van der Waals surface area (Å²) in [5.41, 5.74) is 1.47. The molecule has 1 amide bonds. The van der Waals surface area contributed by atoms with Gasteiger partial charge in [0.25, 0.3) is 0 Å². The molecule has 1 atom stereocenters. The number of hydrogen-bond acceptors (Lipinski definition) is 5. The number of fused-ring (bicyclic) bond motifs is 1. The van der Waals surface area contributed by atoms with Crippen LogP contribution in [0.15, 0.2) is 47.4 Å². The summed E-state index contributed by atoms with van der Waals surface area (Å²) in [5, 5.41) is 2.65. The lowest BCUT2D eigenvalue weighted by Gasteiger charge is -2.25. The van der Waals surface area contributed by atoms with Crippen LogP contribution in [0.25, 0.3) is 0 Å². The highest BCUT2D eigenvalue weighted by Gasteiger charge is 2.36. The molecule has 0 aromatic heterocycles. The zero-order valence-corrected chi connectivity index (χ0v) is 17.1. The van der Waals surface area contributed by atoms with Crippen LogP contribution in [-0.2, 0) is 14.8 Å². The average molecular weight is 416 g/mol. The Labute approximate surface area is 170 Å². The van der Waals surface area contributed by atoms with Gasteiger partial charge in [0, 0.05) is 25.6 Å². The van der Waals surface area contributed by atoms with Crippen LogP contribution in [-0.4, -0.2) is 38.4 Å². The Morgan fingerprint density at radius 1 is 1.03 bits per heavy atom. The fraction of sp³-hybridized carbons (Fsp3) is 0.381. The number of nitrogens with zero attached hydrogens (tertiary/aromatic N) is 1. The number of nitrogens with one attached hydrogen (secondary N) is 1. The van der Waals surface area contributed by atoms with Gasteiger partial charge in [0.1, 0.15) is 0 Å². The molecule has 2 aromatic rings. The molecule has 4 rings (SSSR count). The summed E-state index contributed by atoms with van der Waals surface area (Å²) in [4.78, 5) is 11.4. The first kappa shape index (κ1) is 19.7. The first-order valence-corrected chi connectivity index (χ1v) is 11.2. The Morgan fingerprint density at radius 2 is 1.76 bits per heavy atom. The summed E-state index contributed by atoms with van der Waals surface area (Å²) in [5.74, 6) is 1.17. The van der Waals surface area contributed by atoms with Crippen molar-refractivity contribution in [3.63, 3.8) is 0 Å². The van der Waals surface area contributed by atoms with Crippen LogP contribution in [0.2, 0.25) is 0 Å². The molecule has 2 heterocycles. The molecule has 0 unspecified atom stereocenters. The van der Waals surface area contributed by atoms with Gasteiger partial charge >= 0.3 is 0 Å². The van der Waals surface area contributed by atoms with Crippen LogP contribution in [0.3, 0.4) is 0 Å². The minimum absolute atomic E-state index is 0.199. The number of carbonyl (C=O) groups is 1. The molecule has 2 aliphatic rings. The minimum Gasteiger partial charge on any atom is -0.490 e. The van der Waals surface area contributed by atoms with Crippen molar-refractivity contribution in [1.82, 2.24) is 4.31 Å². The highest BCUT2D eigenvalue weighted by Crippen LogP contribution is 2.40. The van der Waals surface area contributed by atoms with Crippen molar-refractivity contribution in [2.24, 2.45) is 0 Å². The summed E-state index contributed by atoms with van der Waals surface area (Å²) >= 11 is 0. The lowest BCUT2D eigenvalue weighted by molar-refractivity contribution is -0.114. The lowest BCUT2D eigenvalue weighted by Crippen LogP contribution is -2.30. The Bertz CT molecular complexity index is 1000. The normalized spacial score (nSPS) is 19.6. The molecular weight excluding hydrogens is 392 g/mol. The van der Waals surface area contributed by atoms with Crippen molar-refractivity contribution in [2.75, 3.05) is 25.1 Å². The molecule has 29 heavy (non-hydrogen) atoms. The number of ether oxygens (including phenoxy) is 2. The first-order chi connectivity index (χ1) is 13.9. The van der Waals surface area contributed by atoms with Gasteiger partial charge in [-0.1, -0.05) is 6.07 Å². The maximum atomic E-state index is 13.3. The molecule has 0 bridgehead atoms. The third kappa shape index (κ3) is 4.09. The van der Waals surface area contributed by atoms with Crippen LogP contribution in [0.5, 0.6) is 11.5 Å². The van der Waals surface area contributed by atoms with E-state index < -0.39 is 10.0 Å². The van der Waals surface area contributed by atoms with Crippen LogP contribution in [0, 0.1) is 0 Å². The van der Waals surface area contributed by atoms with Gasteiger partial charge in [-0.25, -0.2) is 8.42 Å². The van der Waals surface area contributed by atoms with E-state index >= 15 is 0 Å². The second kappa shape index (κ2) is 8.04. The van der Waals surface area contributed by atoms with E-state index in [9.17, 15) is 13.2 Å². The lowest BCUT2D eigenvalue weighted by atomic mass is 10.0. The van der Waals surface area contributed by atoms with Crippen molar-refractivity contribution >= 4 is 21.6 Å². The largest absolute Gasteiger partial charge is 0.490 e. The van der Waals surface area contributed by atoms with Crippen LogP contribution < -0.4 is 14.8 Å². The van der Waals surface area contributed by atoms with E-state index in [0.29, 0.717) is 36.9 Å². The van der Waals surface area contributed by atoms with E-state index in [4.69, 9.17) is 9.47 Å². The van der Waals surface area contributed by atoms with E-state index in [2.05, 4.69) is 5.32 Å².